The highest BCUT2D eigenvalue weighted by atomic mass is 19.1. The standard InChI is InChI=1S/C23H22F3N3O5/c1-13-8-19(32-2)22(26)16(21(13)25)12-34-15-10-27-23(28-11-15)29-14-5-6-18(17(24)9-14)33-7-3-4-20(30)31/h5-6,8-11H,3-4,7,12H2,1-2H3,(H,30,31)(H,27,28,29). The minimum absolute atomic E-state index is 0.00662. The highest BCUT2D eigenvalue weighted by Gasteiger charge is 2.18. The summed E-state index contributed by atoms with van der Waals surface area (Å²) < 4.78 is 58.4. The van der Waals surface area contributed by atoms with Crippen LogP contribution in [0.1, 0.15) is 24.0 Å². The van der Waals surface area contributed by atoms with Crippen LogP contribution in [0.15, 0.2) is 36.7 Å². The first kappa shape index (κ1) is 24.6. The molecule has 8 nitrogen and oxygen atoms in total. The van der Waals surface area contributed by atoms with Crippen molar-refractivity contribution in [2.45, 2.75) is 26.4 Å². The van der Waals surface area contributed by atoms with E-state index in [9.17, 15) is 18.0 Å². The van der Waals surface area contributed by atoms with E-state index in [1.165, 1.54) is 44.6 Å². The van der Waals surface area contributed by atoms with Crippen molar-refractivity contribution >= 4 is 17.6 Å². The zero-order chi connectivity index (χ0) is 24.7. The molecule has 0 aliphatic heterocycles. The molecular formula is C23H22F3N3O5. The van der Waals surface area contributed by atoms with Crippen molar-refractivity contribution < 1.29 is 37.3 Å². The lowest BCUT2D eigenvalue weighted by Gasteiger charge is -2.12. The number of nitrogens with one attached hydrogen (secondary N) is 1. The molecule has 34 heavy (non-hydrogen) atoms. The number of anilines is 2. The third-order valence-corrected chi connectivity index (χ3v) is 4.65. The van der Waals surface area contributed by atoms with Crippen LogP contribution in [0.25, 0.3) is 0 Å². The van der Waals surface area contributed by atoms with Crippen LogP contribution < -0.4 is 19.5 Å². The van der Waals surface area contributed by atoms with Crippen LogP contribution in [0, 0.1) is 24.4 Å². The molecule has 0 aliphatic rings. The Bertz CT molecular complexity index is 1160. The number of rotatable bonds is 11. The van der Waals surface area contributed by atoms with Crippen LogP contribution in [0.4, 0.5) is 24.8 Å². The Morgan fingerprint density at radius 1 is 1.06 bits per heavy atom. The average molecular weight is 477 g/mol. The second-order valence-corrected chi connectivity index (χ2v) is 7.15. The number of aryl methyl sites for hydroxylation is 1. The fourth-order valence-electron chi connectivity index (χ4n) is 2.92. The van der Waals surface area contributed by atoms with E-state index in [0.717, 1.165) is 0 Å². The number of aliphatic carboxylic acids is 1. The first-order valence-electron chi connectivity index (χ1n) is 10.2. The maximum Gasteiger partial charge on any atom is 0.303 e. The monoisotopic (exact) mass is 477 g/mol. The highest BCUT2D eigenvalue weighted by molar-refractivity contribution is 5.66. The Kier molecular flexibility index (Phi) is 8.12. The van der Waals surface area contributed by atoms with Gasteiger partial charge in [0.1, 0.15) is 12.4 Å². The molecule has 180 valence electrons. The maximum absolute atomic E-state index is 14.4. The third-order valence-electron chi connectivity index (χ3n) is 4.65. The largest absolute Gasteiger partial charge is 0.494 e. The fourth-order valence-corrected chi connectivity index (χ4v) is 2.92. The summed E-state index contributed by atoms with van der Waals surface area (Å²) in [6.45, 7) is 1.17. The summed E-state index contributed by atoms with van der Waals surface area (Å²) in [7, 11) is 1.29. The number of carbonyl (C=O) groups is 1. The average Bonchev–Trinajstić information content (AvgIpc) is 2.81. The van der Waals surface area contributed by atoms with Crippen molar-refractivity contribution in [3.05, 3.63) is 65.2 Å². The van der Waals surface area contributed by atoms with E-state index in [4.69, 9.17) is 19.3 Å². The molecule has 3 rings (SSSR count). The molecule has 2 N–H and O–H groups in total. The summed E-state index contributed by atoms with van der Waals surface area (Å²) in [4.78, 5) is 18.6. The van der Waals surface area contributed by atoms with Crippen LogP contribution in [0.2, 0.25) is 0 Å². The Morgan fingerprint density at radius 2 is 1.79 bits per heavy atom. The van der Waals surface area contributed by atoms with Crippen molar-refractivity contribution in [1.82, 2.24) is 9.97 Å². The second-order valence-electron chi connectivity index (χ2n) is 7.15. The number of aromatic nitrogens is 2. The van der Waals surface area contributed by atoms with Crippen LogP contribution in [0.5, 0.6) is 17.2 Å². The second kappa shape index (κ2) is 11.2. The molecule has 1 heterocycles. The molecule has 0 fully saturated rings. The zero-order valence-corrected chi connectivity index (χ0v) is 18.4. The van der Waals surface area contributed by atoms with Gasteiger partial charge in [0.05, 0.1) is 31.7 Å². The van der Waals surface area contributed by atoms with Gasteiger partial charge < -0.3 is 24.6 Å². The van der Waals surface area contributed by atoms with Gasteiger partial charge in [-0.2, -0.15) is 0 Å². The molecule has 0 unspecified atom stereocenters. The molecule has 0 bridgehead atoms. The van der Waals surface area contributed by atoms with Gasteiger partial charge in [0.15, 0.2) is 28.9 Å². The number of hydrogen-bond donors (Lipinski definition) is 2. The molecular weight excluding hydrogens is 455 g/mol. The quantitative estimate of drug-likeness (QED) is 0.381. The first-order chi connectivity index (χ1) is 16.3. The SMILES string of the molecule is COc1cc(C)c(F)c(COc2cnc(Nc3ccc(OCCCC(=O)O)c(F)c3)nc2)c1F. The zero-order valence-electron chi connectivity index (χ0n) is 18.4. The number of carboxylic acid groups (broad SMARTS) is 1. The lowest BCUT2D eigenvalue weighted by Crippen LogP contribution is -2.06. The summed E-state index contributed by atoms with van der Waals surface area (Å²) in [6.07, 6.45) is 2.79. The van der Waals surface area contributed by atoms with Gasteiger partial charge in [-0.05, 0) is 37.1 Å². The van der Waals surface area contributed by atoms with E-state index in [1.54, 1.807) is 6.07 Å². The van der Waals surface area contributed by atoms with E-state index >= 15 is 0 Å². The van der Waals surface area contributed by atoms with Gasteiger partial charge in [-0.25, -0.2) is 23.1 Å². The molecule has 0 radical (unpaired) electrons. The summed E-state index contributed by atoms with van der Waals surface area (Å²) in [5, 5.41) is 11.4. The summed E-state index contributed by atoms with van der Waals surface area (Å²) in [5.74, 6) is -2.95. The Morgan fingerprint density at radius 3 is 2.44 bits per heavy atom. The molecule has 0 amide bonds. The number of nitrogens with zero attached hydrogens (tertiary/aromatic N) is 2. The molecule has 0 saturated carbocycles. The van der Waals surface area contributed by atoms with Crippen LogP contribution in [0.3, 0.4) is 0 Å². The highest BCUT2D eigenvalue weighted by Crippen LogP contribution is 2.27. The van der Waals surface area contributed by atoms with Crippen molar-refractivity contribution in [2.75, 3.05) is 19.0 Å². The maximum atomic E-state index is 14.4. The number of carboxylic acids is 1. The molecule has 0 atom stereocenters. The van der Waals surface area contributed by atoms with Crippen LogP contribution >= 0.6 is 0 Å². The van der Waals surface area contributed by atoms with Crippen LogP contribution in [-0.2, 0) is 11.4 Å². The summed E-state index contributed by atoms with van der Waals surface area (Å²) >= 11 is 0. The van der Waals surface area contributed by atoms with Crippen molar-refractivity contribution in [3.8, 4) is 17.2 Å². The molecule has 0 aliphatic carbocycles. The number of ether oxygens (including phenoxy) is 3. The Balaban J connectivity index is 1.59. The molecule has 2 aromatic carbocycles. The van der Waals surface area contributed by atoms with Gasteiger partial charge in [-0.1, -0.05) is 0 Å². The first-order valence-corrected chi connectivity index (χ1v) is 10.2. The van der Waals surface area contributed by atoms with Gasteiger partial charge >= 0.3 is 5.97 Å². The van der Waals surface area contributed by atoms with Crippen molar-refractivity contribution in [2.24, 2.45) is 0 Å². The van der Waals surface area contributed by atoms with Gasteiger partial charge in [0.25, 0.3) is 0 Å². The van der Waals surface area contributed by atoms with E-state index in [1.807, 2.05) is 0 Å². The van der Waals surface area contributed by atoms with Gasteiger partial charge in [0.2, 0.25) is 5.95 Å². The smallest absolute Gasteiger partial charge is 0.303 e. The van der Waals surface area contributed by atoms with Gasteiger partial charge in [-0.15, -0.1) is 0 Å². The van der Waals surface area contributed by atoms with E-state index in [-0.39, 0.29) is 53.8 Å². The van der Waals surface area contributed by atoms with E-state index in [0.29, 0.717) is 5.69 Å². The summed E-state index contributed by atoms with van der Waals surface area (Å²) in [5.41, 5.74) is 0.288. The molecule has 0 saturated heterocycles. The number of hydrogen-bond acceptors (Lipinski definition) is 7. The predicted molar refractivity (Wildman–Crippen MR) is 116 cm³/mol. The van der Waals surface area contributed by atoms with Crippen molar-refractivity contribution in [1.29, 1.82) is 0 Å². The van der Waals surface area contributed by atoms with Gasteiger partial charge in [0, 0.05) is 18.2 Å². The predicted octanol–water partition coefficient (Wildman–Crippen LogP) is 4.78. The Labute approximate surface area is 193 Å². The van der Waals surface area contributed by atoms with Crippen LogP contribution in [-0.4, -0.2) is 34.8 Å². The third kappa shape index (κ3) is 6.27. The molecule has 11 heteroatoms. The number of methoxy groups -OCH3 is 1. The minimum atomic E-state index is -0.949. The lowest BCUT2D eigenvalue weighted by atomic mass is 10.1. The van der Waals surface area contributed by atoms with Gasteiger partial charge in [-0.3, -0.25) is 4.79 Å². The van der Waals surface area contributed by atoms with Crippen molar-refractivity contribution in [3.63, 3.8) is 0 Å². The lowest BCUT2D eigenvalue weighted by molar-refractivity contribution is -0.137. The molecule has 3 aromatic rings. The molecule has 0 spiro atoms. The van der Waals surface area contributed by atoms with E-state index in [2.05, 4.69) is 15.3 Å². The Hall–Kier alpha value is -4.02. The van der Waals surface area contributed by atoms with E-state index < -0.39 is 30.0 Å². The number of halogens is 3. The normalized spacial score (nSPS) is 10.6. The number of benzene rings is 2. The summed E-state index contributed by atoms with van der Waals surface area (Å²) in [6, 6.07) is 5.38. The fraction of sp³-hybridized carbons (Fsp3) is 0.261. The minimum Gasteiger partial charge on any atom is -0.494 e. The topological polar surface area (TPSA) is 103 Å². The molecule has 1 aromatic heterocycles.